The first kappa shape index (κ1) is 12.9. The van der Waals surface area contributed by atoms with Gasteiger partial charge in [0.1, 0.15) is 17.5 Å². The van der Waals surface area contributed by atoms with Crippen molar-refractivity contribution in [1.82, 2.24) is 0 Å². The van der Waals surface area contributed by atoms with Gasteiger partial charge in [0, 0.05) is 11.8 Å². The zero-order valence-electron chi connectivity index (χ0n) is 9.58. The van der Waals surface area contributed by atoms with Gasteiger partial charge < -0.3 is 11.1 Å². The lowest BCUT2D eigenvalue weighted by molar-refractivity contribution is 0.102. The summed E-state index contributed by atoms with van der Waals surface area (Å²) in [5.41, 5.74) is 5.01. The average Bonchev–Trinajstić information content (AvgIpc) is 2.33. The lowest BCUT2D eigenvalue weighted by Gasteiger charge is -2.07. The molecule has 0 aliphatic rings. The number of nitrogen functional groups attached to an aromatic ring is 1. The van der Waals surface area contributed by atoms with E-state index >= 15 is 0 Å². The van der Waals surface area contributed by atoms with Gasteiger partial charge in [0.15, 0.2) is 0 Å². The van der Waals surface area contributed by atoms with Crippen LogP contribution in [0.25, 0.3) is 0 Å². The summed E-state index contributed by atoms with van der Waals surface area (Å²) in [6, 6.07) is 6.21. The van der Waals surface area contributed by atoms with Crippen LogP contribution in [0.1, 0.15) is 10.4 Å². The van der Waals surface area contributed by atoms with Gasteiger partial charge >= 0.3 is 0 Å². The van der Waals surface area contributed by atoms with E-state index in [0.717, 1.165) is 18.2 Å². The van der Waals surface area contributed by atoms with Crippen LogP contribution in [-0.4, -0.2) is 5.91 Å². The quantitative estimate of drug-likeness (QED) is 0.821. The maximum Gasteiger partial charge on any atom is 0.258 e. The standard InChI is InChI=1S/C13H9F3N2O/c14-7-1-3-9(10(15)5-7)13(19)18-8-2-4-12(17)11(16)6-8/h1-6H,17H2,(H,18,19). The maximum atomic E-state index is 13.4. The smallest absolute Gasteiger partial charge is 0.258 e. The Morgan fingerprint density at radius 1 is 1.00 bits per heavy atom. The number of anilines is 2. The molecule has 0 heterocycles. The zero-order valence-corrected chi connectivity index (χ0v) is 9.58. The average molecular weight is 266 g/mol. The first-order valence-electron chi connectivity index (χ1n) is 5.29. The fraction of sp³-hybridized carbons (Fsp3) is 0. The highest BCUT2D eigenvalue weighted by molar-refractivity contribution is 6.04. The van der Waals surface area contributed by atoms with Crippen LogP contribution in [-0.2, 0) is 0 Å². The maximum absolute atomic E-state index is 13.4. The minimum atomic E-state index is -0.992. The van der Waals surface area contributed by atoms with E-state index < -0.39 is 23.4 Å². The van der Waals surface area contributed by atoms with Gasteiger partial charge in [-0.3, -0.25) is 4.79 Å². The summed E-state index contributed by atoms with van der Waals surface area (Å²) in [6.07, 6.45) is 0. The Morgan fingerprint density at radius 2 is 1.74 bits per heavy atom. The highest BCUT2D eigenvalue weighted by atomic mass is 19.1. The van der Waals surface area contributed by atoms with Crippen molar-refractivity contribution < 1.29 is 18.0 Å². The minimum Gasteiger partial charge on any atom is -0.396 e. The third kappa shape index (κ3) is 2.85. The van der Waals surface area contributed by atoms with Crippen molar-refractivity contribution >= 4 is 17.3 Å². The summed E-state index contributed by atoms with van der Waals surface area (Å²) < 4.78 is 39.2. The summed E-state index contributed by atoms with van der Waals surface area (Å²) in [5, 5.41) is 2.29. The Kier molecular flexibility index (Phi) is 3.41. The molecular weight excluding hydrogens is 257 g/mol. The molecule has 98 valence electrons. The predicted octanol–water partition coefficient (Wildman–Crippen LogP) is 2.94. The molecule has 0 aliphatic heterocycles. The monoisotopic (exact) mass is 266 g/mol. The van der Waals surface area contributed by atoms with Crippen LogP contribution < -0.4 is 11.1 Å². The second kappa shape index (κ2) is 5.01. The molecule has 0 radical (unpaired) electrons. The van der Waals surface area contributed by atoms with Gasteiger partial charge in [0.25, 0.3) is 5.91 Å². The van der Waals surface area contributed by atoms with Crippen LogP contribution >= 0.6 is 0 Å². The summed E-state index contributed by atoms with van der Waals surface area (Å²) in [7, 11) is 0. The van der Waals surface area contributed by atoms with E-state index in [4.69, 9.17) is 5.73 Å². The van der Waals surface area contributed by atoms with E-state index in [2.05, 4.69) is 5.32 Å². The molecular formula is C13H9F3N2O. The van der Waals surface area contributed by atoms with Crippen molar-refractivity contribution in [2.45, 2.75) is 0 Å². The Balaban J connectivity index is 2.23. The summed E-state index contributed by atoms with van der Waals surface area (Å²) in [6.45, 7) is 0. The molecule has 0 saturated carbocycles. The number of hydrogen-bond acceptors (Lipinski definition) is 2. The molecule has 0 aromatic heterocycles. The van der Waals surface area contributed by atoms with Gasteiger partial charge in [0.05, 0.1) is 11.3 Å². The summed E-state index contributed by atoms with van der Waals surface area (Å²) in [5.74, 6) is -3.28. The predicted molar refractivity (Wildman–Crippen MR) is 65.1 cm³/mol. The molecule has 0 unspecified atom stereocenters. The van der Waals surface area contributed by atoms with E-state index in [1.54, 1.807) is 0 Å². The third-order valence-electron chi connectivity index (χ3n) is 2.43. The molecule has 0 saturated heterocycles. The molecule has 0 fully saturated rings. The molecule has 3 nitrogen and oxygen atoms in total. The van der Waals surface area contributed by atoms with E-state index in [9.17, 15) is 18.0 Å². The van der Waals surface area contributed by atoms with Gasteiger partial charge in [-0.15, -0.1) is 0 Å². The van der Waals surface area contributed by atoms with Gasteiger partial charge in [-0.1, -0.05) is 0 Å². The number of rotatable bonds is 2. The van der Waals surface area contributed by atoms with Gasteiger partial charge in [0.2, 0.25) is 0 Å². The van der Waals surface area contributed by atoms with E-state index in [1.807, 2.05) is 0 Å². The van der Waals surface area contributed by atoms with Crippen LogP contribution in [0.3, 0.4) is 0 Å². The Labute approximate surface area is 106 Å². The lowest BCUT2D eigenvalue weighted by atomic mass is 10.2. The largest absolute Gasteiger partial charge is 0.396 e. The number of halogens is 3. The Morgan fingerprint density at radius 3 is 2.37 bits per heavy atom. The topological polar surface area (TPSA) is 55.1 Å². The van der Waals surface area contributed by atoms with Crippen LogP contribution in [0.2, 0.25) is 0 Å². The minimum absolute atomic E-state index is 0.0639. The molecule has 2 aromatic rings. The van der Waals surface area contributed by atoms with E-state index in [0.29, 0.717) is 6.07 Å². The van der Waals surface area contributed by atoms with Crippen molar-refractivity contribution in [3.05, 3.63) is 59.4 Å². The number of benzene rings is 2. The van der Waals surface area contributed by atoms with Crippen LogP contribution in [0, 0.1) is 17.5 Å². The zero-order chi connectivity index (χ0) is 14.0. The number of carbonyl (C=O) groups is 1. The highest BCUT2D eigenvalue weighted by Gasteiger charge is 2.13. The second-order valence-corrected chi connectivity index (χ2v) is 3.81. The third-order valence-corrected chi connectivity index (χ3v) is 2.43. The van der Waals surface area contributed by atoms with Crippen LogP contribution in [0.15, 0.2) is 36.4 Å². The Bertz CT molecular complexity index is 644. The van der Waals surface area contributed by atoms with Crippen molar-refractivity contribution in [3.8, 4) is 0 Å². The molecule has 0 atom stereocenters. The van der Waals surface area contributed by atoms with Gasteiger partial charge in [-0.05, 0) is 30.3 Å². The highest BCUT2D eigenvalue weighted by Crippen LogP contribution is 2.17. The first-order chi connectivity index (χ1) is 8.97. The number of carbonyl (C=O) groups excluding carboxylic acids is 1. The fourth-order valence-corrected chi connectivity index (χ4v) is 1.48. The van der Waals surface area contributed by atoms with Crippen molar-refractivity contribution in [1.29, 1.82) is 0 Å². The second-order valence-electron chi connectivity index (χ2n) is 3.81. The normalized spacial score (nSPS) is 10.3. The van der Waals surface area contributed by atoms with Gasteiger partial charge in [-0.2, -0.15) is 0 Å². The number of hydrogen-bond donors (Lipinski definition) is 2. The lowest BCUT2D eigenvalue weighted by Crippen LogP contribution is -2.14. The van der Waals surface area contributed by atoms with E-state index in [1.165, 1.54) is 12.1 Å². The molecule has 0 bridgehead atoms. The first-order valence-corrected chi connectivity index (χ1v) is 5.29. The van der Waals surface area contributed by atoms with Crippen LogP contribution in [0.4, 0.5) is 24.5 Å². The SMILES string of the molecule is Nc1ccc(NC(=O)c2ccc(F)cc2F)cc1F. The number of amides is 1. The molecule has 2 rings (SSSR count). The number of nitrogens with one attached hydrogen (secondary N) is 1. The molecule has 1 amide bonds. The summed E-state index contributed by atoms with van der Waals surface area (Å²) >= 11 is 0. The molecule has 6 heteroatoms. The molecule has 3 N–H and O–H groups in total. The summed E-state index contributed by atoms with van der Waals surface area (Å²) in [4.78, 5) is 11.7. The molecule has 0 aliphatic carbocycles. The molecule has 2 aromatic carbocycles. The van der Waals surface area contributed by atoms with Crippen molar-refractivity contribution in [2.75, 3.05) is 11.1 Å². The molecule has 19 heavy (non-hydrogen) atoms. The molecule has 0 spiro atoms. The van der Waals surface area contributed by atoms with Crippen molar-refractivity contribution in [2.24, 2.45) is 0 Å². The number of nitrogens with two attached hydrogens (primary N) is 1. The fourth-order valence-electron chi connectivity index (χ4n) is 1.48. The Hall–Kier alpha value is -2.50. The van der Waals surface area contributed by atoms with Gasteiger partial charge in [-0.25, -0.2) is 13.2 Å². The van der Waals surface area contributed by atoms with E-state index in [-0.39, 0.29) is 16.9 Å². The van der Waals surface area contributed by atoms with Crippen molar-refractivity contribution in [3.63, 3.8) is 0 Å². The van der Waals surface area contributed by atoms with Crippen LogP contribution in [0.5, 0.6) is 0 Å².